The normalized spacial score (nSPS) is 15.7. The van der Waals surface area contributed by atoms with E-state index in [2.05, 4.69) is 4.72 Å². The summed E-state index contributed by atoms with van der Waals surface area (Å²) in [6.07, 6.45) is 1.85. The second kappa shape index (κ2) is 7.37. The zero-order valence-electron chi connectivity index (χ0n) is 10.8. The van der Waals surface area contributed by atoms with Crippen LogP contribution in [0.25, 0.3) is 0 Å². The van der Waals surface area contributed by atoms with E-state index >= 15 is 0 Å². The molecule has 0 heterocycles. The van der Waals surface area contributed by atoms with Gasteiger partial charge in [-0.1, -0.05) is 50.1 Å². The summed E-state index contributed by atoms with van der Waals surface area (Å²) in [5.74, 6) is -1.14. The minimum absolute atomic E-state index is 0.136. The first kappa shape index (κ1) is 15.8. The third-order valence-electron chi connectivity index (χ3n) is 2.99. The van der Waals surface area contributed by atoms with Crippen LogP contribution in [0.2, 0.25) is 0 Å². The second-order valence-electron chi connectivity index (χ2n) is 4.49. The molecule has 2 unspecified atom stereocenters. The van der Waals surface area contributed by atoms with E-state index in [0.29, 0.717) is 6.42 Å². The maximum atomic E-state index is 11.5. The van der Waals surface area contributed by atoms with E-state index in [4.69, 9.17) is 0 Å². The smallest absolute Gasteiger partial charge is 0.325 e. The van der Waals surface area contributed by atoms with E-state index in [1.165, 1.54) is 0 Å². The third-order valence-corrected chi connectivity index (χ3v) is 3.55. The highest BCUT2D eigenvalue weighted by atomic mass is 32.2. The molecule has 0 fully saturated rings. The standard InChI is InChI=1S/C13H19NO4S/c1-2-3-9-13(12(15)16,14-19(17)18)10-11-7-5-4-6-8-11/h4-8,14H,2-3,9-10H2,1H3,(H,15,16)(H,17,18)/p-1. The van der Waals surface area contributed by atoms with E-state index < -0.39 is 22.8 Å². The summed E-state index contributed by atoms with van der Waals surface area (Å²) < 4.78 is 24.0. The average Bonchev–Trinajstić information content (AvgIpc) is 2.36. The molecule has 6 heteroatoms. The molecule has 0 aliphatic rings. The van der Waals surface area contributed by atoms with Gasteiger partial charge in [0.1, 0.15) is 5.54 Å². The molecule has 2 atom stereocenters. The maximum Gasteiger partial charge on any atom is 0.325 e. The fraction of sp³-hybridized carbons (Fsp3) is 0.462. The molecule has 19 heavy (non-hydrogen) atoms. The van der Waals surface area contributed by atoms with E-state index in [0.717, 1.165) is 12.0 Å². The Labute approximate surface area is 115 Å². The summed E-state index contributed by atoms with van der Waals surface area (Å²) in [7, 11) is 0. The Morgan fingerprint density at radius 2 is 2.05 bits per heavy atom. The molecule has 0 aromatic heterocycles. The largest absolute Gasteiger partial charge is 0.760 e. The van der Waals surface area contributed by atoms with Gasteiger partial charge < -0.3 is 9.66 Å². The monoisotopic (exact) mass is 284 g/mol. The zero-order chi connectivity index (χ0) is 14.3. The lowest BCUT2D eigenvalue weighted by Gasteiger charge is -2.31. The number of nitrogens with one attached hydrogen (secondary N) is 1. The first-order valence-corrected chi connectivity index (χ1v) is 7.22. The van der Waals surface area contributed by atoms with E-state index in [1.807, 2.05) is 13.0 Å². The predicted molar refractivity (Wildman–Crippen MR) is 72.1 cm³/mol. The SMILES string of the molecule is CCCCC(Cc1ccccc1)(NS(=O)[O-])C(=O)O. The first-order valence-electron chi connectivity index (χ1n) is 6.14. The number of carbonyl (C=O) groups is 1. The fourth-order valence-electron chi connectivity index (χ4n) is 1.98. The Kier molecular flexibility index (Phi) is 6.14. The van der Waals surface area contributed by atoms with Crippen molar-refractivity contribution in [2.24, 2.45) is 0 Å². The van der Waals surface area contributed by atoms with Gasteiger partial charge in [-0.25, -0.2) is 4.72 Å². The van der Waals surface area contributed by atoms with Crippen molar-refractivity contribution in [1.29, 1.82) is 0 Å². The van der Waals surface area contributed by atoms with Gasteiger partial charge in [0.2, 0.25) is 0 Å². The Bertz CT molecular complexity index is 438. The molecule has 0 amide bonds. The Morgan fingerprint density at radius 1 is 1.42 bits per heavy atom. The van der Waals surface area contributed by atoms with Crippen molar-refractivity contribution in [3.63, 3.8) is 0 Å². The van der Waals surface area contributed by atoms with Crippen molar-refractivity contribution in [3.8, 4) is 0 Å². The lowest BCUT2D eigenvalue weighted by Crippen LogP contribution is -2.54. The van der Waals surface area contributed by atoms with Crippen molar-refractivity contribution in [2.75, 3.05) is 0 Å². The number of benzene rings is 1. The molecule has 1 rings (SSSR count). The fourth-order valence-corrected chi connectivity index (χ4v) is 2.56. The van der Waals surface area contributed by atoms with E-state index in [9.17, 15) is 18.7 Å². The van der Waals surface area contributed by atoms with Gasteiger partial charge in [0.15, 0.2) is 0 Å². The molecule has 0 saturated carbocycles. The van der Waals surface area contributed by atoms with Crippen molar-refractivity contribution >= 4 is 17.2 Å². The summed E-state index contributed by atoms with van der Waals surface area (Å²) in [4.78, 5) is 11.5. The molecule has 106 valence electrons. The van der Waals surface area contributed by atoms with Gasteiger partial charge in [-0.15, -0.1) is 0 Å². The Morgan fingerprint density at radius 3 is 2.53 bits per heavy atom. The van der Waals surface area contributed by atoms with Crippen LogP contribution in [0.5, 0.6) is 0 Å². The van der Waals surface area contributed by atoms with Crippen LogP contribution in [0.4, 0.5) is 0 Å². The predicted octanol–water partition coefficient (Wildman–Crippen LogP) is 1.63. The third kappa shape index (κ3) is 4.74. The molecule has 0 bridgehead atoms. The van der Waals surface area contributed by atoms with E-state index in [-0.39, 0.29) is 12.8 Å². The highest BCUT2D eigenvalue weighted by Gasteiger charge is 2.38. The van der Waals surface area contributed by atoms with Crippen molar-refractivity contribution in [2.45, 2.75) is 38.1 Å². The second-order valence-corrected chi connectivity index (χ2v) is 5.16. The summed E-state index contributed by atoms with van der Waals surface area (Å²) in [6.45, 7) is 1.93. The number of carboxylic acid groups (broad SMARTS) is 1. The lowest BCUT2D eigenvalue weighted by atomic mass is 9.87. The number of hydrogen-bond acceptors (Lipinski definition) is 3. The van der Waals surface area contributed by atoms with Crippen LogP contribution in [0.15, 0.2) is 30.3 Å². The molecule has 0 spiro atoms. The quantitative estimate of drug-likeness (QED) is 0.710. The van der Waals surface area contributed by atoms with Gasteiger partial charge in [-0.3, -0.25) is 9.00 Å². The van der Waals surface area contributed by atoms with Crippen LogP contribution < -0.4 is 4.72 Å². The molecule has 5 nitrogen and oxygen atoms in total. The van der Waals surface area contributed by atoms with Gasteiger partial charge in [-0.2, -0.15) is 0 Å². The molecular formula is C13H18NO4S-. The van der Waals surface area contributed by atoms with Crippen LogP contribution in [0.3, 0.4) is 0 Å². The van der Waals surface area contributed by atoms with Crippen molar-refractivity contribution in [1.82, 2.24) is 4.72 Å². The summed E-state index contributed by atoms with van der Waals surface area (Å²) in [5, 5.41) is 9.42. The minimum atomic E-state index is -2.61. The van der Waals surface area contributed by atoms with Gasteiger partial charge in [0, 0.05) is 17.7 Å². The molecule has 0 aliphatic heterocycles. The van der Waals surface area contributed by atoms with Gasteiger partial charge in [-0.05, 0) is 12.0 Å². The number of carboxylic acids is 1. The summed E-state index contributed by atoms with van der Waals surface area (Å²) >= 11 is -2.61. The topological polar surface area (TPSA) is 89.5 Å². The van der Waals surface area contributed by atoms with Crippen LogP contribution >= 0.6 is 0 Å². The Hall–Kier alpha value is -1.24. The van der Waals surface area contributed by atoms with Crippen LogP contribution in [0, 0.1) is 0 Å². The number of hydrogen-bond donors (Lipinski definition) is 2. The highest BCUT2D eigenvalue weighted by Crippen LogP contribution is 2.21. The number of unbranched alkanes of at least 4 members (excludes halogenated alkanes) is 1. The average molecular weight is 284 g/mol. The number of rotatable bonds is 8. The summed E-state index contributed by atoms with van der Waals surface area (Å²) in [6, 6.07) is 9.01. The zero-order valence-corrected chi connectivity index (χ0v) is 11.6. The Balaban J connectivity index is 3.00. The number of aliphatic carboxylic acids is 1. The highest BCUT2D eigenvalue weighted by molar-refractivity contribution is 7.77. The van der Waals surface area contributed by atoms with Crippen LogP contribution in [-0.2, 0) is 22.5 Å². The summed E-state index contributed by atoms with van der Waals surface area (Å²) in [5.41, 5.74) is -0.678. The maximum absolute atomic E-state index is 11.5. The van der Waals surface area contributed by atoms with Crippen molar-refractivity contribution < 1.29 is 18.7 Å². The van der Waals surface area contributed by atoms with Crippen LogP contribution in [0.1, 0.15) is 31.7 Å². The molecule has 0 saturated heterocycles. The molecule has 1 aromatic carbocycles. The van der Waals surface area contributed by atoms with Crippen LogP contribution in [-0.4, -0.2) is 25.4 Å². The molecule has 0 aliphatic carbocycles. The van der Waals surface area contributed by atoms with Gasteiger partial charge >= 0.3 is 5.97 Å². The van der Waals surface area contributed by atoms with Gasteiger partial charge in [0.05, 0.1) is 0 Å². The van der Waals surface area contributed by atoms with Gasteiger partial charge in [0.25, 0.3) is 0 Å². The first-order chi connectivity index (χ1) is 9.00. The van der Waals surface area contributed by atoms with Crippen molar-refractivity contribution in [3.05, 3.63) is 35.9 Å². The molecular weight excluding hydrogens is 266 g/mol. The molecule has 1 aromatic rings. The molecule has 2 N–H and O–H groups in total. The lowest BCUT2D eigenvalue weighted by molar-refractivity contribution is -0.144. The molecule has 0 radical (unpaired) electrons. The minimum Gasteiger partial charge on any atom is -0.760 e. The van der Waals surface area contributed by atoms with E-state index in [1.54, 1.807) is 24.3 Å².